The van der Waals surface area contributed by atoms with E-state index in [1.807, 2.05) is 6.92 Å². The van der Waals surface area contributed by atoms with Gasteiger partial charge in [0, 0.05) is 25.3 Å². The average Bonchev–Trinajstić information content (AvgIpc) is 2.38. The summed E-state index contributed by atoms with van der Waals surface area (Å²) in [6.45, 7) is 3.41. The summed E-state index contributed by atoms with van der Waals surface area (Å²) in [4.78, 5) is 25.3. The zero-order valence-corrected chi connectivity index (χ0v) is 11.4. The van der Waals surface area contributed by atoms with Crippen LogP contribution >= 0.6 is 0 Å². The minimum atomic E-state index is -0.592. The van der Waals surface area contributed by atoms with Crippen molar-refractivity contribution in [2.24, 2.45) is 0 Å². The van der Waals surface area contributed by atoms with Gasteiger partial charge in [0.05, 0.1) is 19.3 Å². The normalized spacial score (nSPS) is 14.3. The van der Waals surface area contributed by atoms with E-state index < -0.39 is 17.5 Å². The number of aromatic nitrogens is 2. The van der Waals surface area contributed by atoms with Crippen LogP contribution < -0.4 is 11.2 Å². The van der Waals surface area contributed by atoms with Crippen molar-refractivity contribution >= 4 is 0 Å². The Morgan fingerprint density at radius 2 is 2.16 bits per heavy atom. The minimum absolute atomic E-state index is 0.103. The third kappa shape index (κ3) is 4.30. The zero-order valence-electron chi connectivity index (χ0n) is 11.4. The molecule has 1 heterocycles. The Balaban J connectivity index is 3.05. The van der Waals surface area contributed by atoms with Crippen molar-refractivity contribution < 1.29 is 14.6 Å². The maximum atomic E-state index is 11.8. The molecule has 7 nitrogen and oxygen atoms in total. The van der Waals surface area contributed by atoms with Gasteiger partial charge in [-0.2, -0.15) is 0 Å². The lowest BCUT2D eigenvalue weighted by molar-refractivity contribution is -0.0495. The van der Waals surface area contributed by atoms with Crippen LogP contribution in [0, 0.1) is 6.92 Å². The van der Waals surface area contributed by atoms with Crippen molar-refractivity contribution in [2.75, 3.05) is 20.3 Å². The minimum Gasteiger partial charge on any atom is -0.394 e. The molecule has 1 aromatic rings. The van der Waals surface area contributed by atoms with Crippen molar-refractivity contribution in [2.45, 2.75) is 32.6 Å². The molecule has 0 saturated carbocycles. The van der Waals surface area contributed by atoms with E-state index in [0.717, 1.165) is 0 Å². The first kappa shape index (κ1) is 15.6. The smallest absolute Gasteiger partial charge is 0.330 e. The van der Waals surface area contributed by atoms with Crippen LogP contribution in [0.25, 0.3) is 0 Å². The van der Waals surface area contributed by atoms with E-state index >= 15 is 0 Å². The van der Waals surface area contributed by atoms with Crippen LogP contribution in [0.15, 0.2) is 15.8 Å². The summed E-state index contributed by atoms with van der Waals surface area (Å²) >= 11 is 0. The van der Waals surface area contributed by atoms with E-state index in [2.05, 4.69) is 4.98 Å². The van der Waals surface area contributed by atoms with Gasteiger partial charge < -0.3 is 14.6 Å². The summed E-state index contributed by atoms with van der Waals surface area (Å²) in [5, 5.41) is 8.82. The van der Waals surface area contributed by atoms with Gasteiger partial charge in [-0.15, -0.1) is 0 Å². The van der Waals surface area contributed by atoms with Gasteiger partial charge in [0.2, 0.25) is 0 Å². The Morgan fingerprint density at radius 1 is 1.47 bits per heavy atom. The molecule has 1 rings (SSSR count). The molecule has 1 aromatic heterocycles. The monoisotopic (exact) mass is 272 g/mol. The molecule has 2 N–H and O–H groups in total. The van der Waals surface area contributed by atoms with Gasteiger partial charge in [-0.25, -0.2) is 4.79 Å². The van der Waals surface area contributed by atoms with E-state index in [9.17, 15) is 9.59 Å². The van der Waals surface area contributed by atoms with E-state index in [4.69, 9.17) is 14.6 Å². The van der Waals surface area contributed by atoms with Gasteiger partial charge in [0.25, 0.3) is 5.56 Å². The van der Waals surface area contributed by atoms with Crippen LogP contribution in [0.1, 0.15) is 25.1 Å². The molecule has 19 heavy (non-hydrogen) atoms. The Labute approximate surface area is 110 Å². The number of H-pyrrole nitrogens is 1. The molecule has 0 aliphatic rings. The third-order valence-electron chi connectivity index (χ3n) is 2.79. The molecular formula is C12H20N2O5. The Hall–Kier alpha value is -1.44. The maximum absolute atomic E-state index is 11.8. The van der Waals surface area contributed by atoms with Crippen LogP contribution in [0.3, 0.4) is 0 Å². The second-order valence-corrected chi connectivity index (χ2v) is 4.31. The van der Waals surface area contributed by atoms with Crippen molar-refractivity contribution in [1.82, 2.24) is 9.55 Å². The molecule has 0 aliphatic carbocycles. The predicted molar refractivity (Wildman–Crippen MR) is 69.2 cm³/mol. The molecule has 0 bridgehead atoms. The number of rotatable bonds is 7. The zero-order chi connectivity index (χ0) is 14.4. The van der Waals surface area contributed by atoms with E-state index in [-0.39, 0.29) is 19.3 Å². The quantitative estimate of drug-likeness (QED) is 0.715. The molecule has 0 aliphatic heterocycles. The van der Waals surface area contributed by atoms with Crippen LogP contribution in [0.5, 0.6) is 0 Å². The molecule has 0 fully saturated rings. The Bertz CT molecular complexity index is 508. The summed E-state index contributed by atoms with van der Waals surface area (Å²) in [7, 11) is 1.56. The average molecular weight is 272 g/mol. The second-order valence-electron chi connectivity index (χ2n) is 4.31. The number of hydrogen-bond acceptors (Lipinski definition) is 5. The van der Waals surface area contributed by atoms with Crippen molar-refractivity contribution in [3.05, 3.63) is 32.6 Å². The fourth-order valence-electron chi connectivity index (χ4n) is 1.63. The highest BCUT2D eigenvalue weighted by Crippen LogP contribution is 2.15. The van der Waals surface area contributed by atoms with Crippen LogP contribution in [-0.2, 0) is 9.47 Å². The van der Waals surface area contributed by atoms with Gasteiger partial charge >= 0.3 is 5.69 Å². The standard InChI is InChI=1S/C12H20N2O5/c1-8-7-14(12(17)13-11(8)16)10(19-5-4-15)6-9(2)18-3/h7,9-10,15H,4-6H2,1-3H3,(H,13,16,17)/t9-,10?/m1/s1. The van der Waals surface area contributed by atoms with Crippen LogP contribution in [-0.4, -0.2) is 41.1 Å². The largest absolute Gasteiger partial charge is 0.394 e. The summed E-state index contributed by atoms with van der Waals surface area (Å²) < 4.78 is 11.9. The fourth-order valence-corrected chi connectivity index (χ4v) is 1.63. The summed E-state index contributed by atoms with van der Waals surface area (Å²) in [5.41, 5.74) is -0.536. The van der Waals surface area contributed by atoms with Gasteiger partial charge in [0.1, 0.15) is 6.23 Å². The Morgan fingerprint density at radius 3 is 2.74 bits per heavy atom. The lowest BCUT2D eigenvalue weighted by Gasteiger charge is -2.22. The third-order valence-corrected chi connectivity index (χ3v) is 2.79. The number of methoxy groups -OCH3 is 1. The molecule has 108 valence electrons. The molecule has 1 unspecified atom stereocenters. The predicted octanol–water partition coefficient (Wildman–Crippen LogP) is -0.222. The maximum Gasteiger partial charge on any atom is 0.330 e. The first-order valence-corrected chi connectivity index (χ1v) is 6.07. The van der Waals surface area contributed by atoms with Crippen LogP contribution in [0.2, 0.25) is 0 Å². The number of aromatic amines is 1. The summed E-state index contributed by atoms with van der Waals surface area (Å²) in [6, 6.07) is 0. The first-order chi connectivity index (χ1) is 8.99. The SMILES string of the molecule is CO[C@H](C)CC(OCCO)n1cc(C)c(=O)[nH]c1=O. The number of ether oxygens (including phenoxy) is 2. The van der Waals surface area contributed by atoms with Crippen molar-refractivity contribution in [3.8, 4) is 0 Å². The number of nitrogens with one attached hydrogen (secondary N) is 1. The van der Waals surface area contributed by atoms with E-state index in [0.29, 0.717) is 12.0 Å². The summed E-state index contributed by atoms with van der Waals surface area (Å²) in [5.74, 6) is 0. The van der Waals surface area contributed by atoms with Gasteiger partial charge in [-0.3, -0.25) is 14.3 Å². The lowest BCUT2D eigenvalue weighted by Crippen LogP contribution is -2.35. The fraction of sp³-hybridized carbons (Fsp3) is 0.667. The number of nitrogens with zero attached hydrogens (tertiary/aromatic N) is 1. The number of aliphatic hydroxyl groups is 1. The highest BCUT2D eigenvalue weighted by molar-refractivity contribution is 5.01. The lowest BCUT2D eigenvalue weighted by atomic mass is 10.2. The van der Waals surface area contributed by atoms with E-state index in [1.54, 1.807) is 14.0 Å². The van der Waals surface area contributed by atoms with Gasteiger partial charge in [0.15, 0.2) is 0 Å². The first-order valence-electron chi connectivity index (χ1n) is 6.07. The Kier molecular flexibility index (Phi) is 5.94. The van der Waals surface area contributed by atoms with Crippen LogP contribution in [0.4, 0.5) is 0 Å². The number of aryl methyl sites for hydroxylation is 1. The molecule has 0 amide bonds. The number of hydrogen-bond donors (Lipinski definition) is 2. The van der Waals surface area contributed by atoms with Gasteiger partial charge in [-0.1, -0.05) is 0 Å². The second kappa shape index (κ2) is 7.22. The molecule has 0 saturated heterocycles. The van der Waals surface area contributed by atoms with Gasteiger partial charge in [-0.05, 0) is 13.8 Å². The molecule has 0 spiro atoms. The highest BCUT2D eigenvalue weighted by Gasteiger charge is 2.17. The highest BCUT2D eigenvalue weighted by atomic mass is 16.5. The topological polar surface area (TPSA) is 93.5 Å². The molecule has 2 atom stereocenters. The number of aliphatic hydroxyl groups excluding tert-OH is 1. The van der Waals surface area contributed by atoms with Crippen molar-refractivity contribution in [3.63, 3.8) is 0 Å². The molecule has 0 radical (unpaired) electrons. The van der Waals surface area contributed by atoms with Crippen molar-refractivity contribution in [1.29, 1.82) is 0 Å². The summed E-state index contributed by atoms with van der Waals surface area (Å²) in [6.07, 6.45) is 1.17. The molecular weight excluding hydrogens is 252 g/mol. The molecule has 7 heteroatoms. The van der Waals surface area contributed by atoms with E-state index in [1.165, 1.54) is 10.8 Å². The molecule has 0 aromatic carbocycles.